The molecule has 0 aromatic heterocycles. The predicted molar refractivity (Wildman–Crippen MR) is 97.0 cm³/mol. The van der Waals surface area contributed by atoms with E-state index in [-0.39, 0.29) is 16.0 Å². The number of rotatable bonds is 3. The molecule has 0 radical (unpaired) electrons. The monoisotopic (exact) mass is 356 g/mol. The Morgan fingerprint density at radius 3 is 2.46 bits per heavy atom. The fraction of sp³-hybridized carbons (Fsp3) is 0. The average molecular weight is 356 g/mol. The fourth-order valence-corrected chi connectivity index (χ4v) is 3.22. The van der Waals surface area contributed by atoms with Crippen LogP contribution in [0.5, 0.6) is 5.75 Å². The molecule has 0 saturated carbocycles. The van der Waals surface area contributed by atoms with Gasteiger partial charge in [0.05, 0.1) is 4.91 Å². The number of aromatic hydroxyl groups is 1. The highest BCUT2D eigenvalue weighted by molar-refractivity contribution is 8.26. The number of hydrogen-bond acceptors (Lipinski definition) is 5. The molecule has 2 aromatic carbocycles. The van der Waals surface area contributed by atoms with Crippen LogP contribution in [0.15, 0.2) is 59.5 Å². The van der Waals surface area contributed by atoms with Gasteiger partial charge in [0.1, 0.15) is 5.75 Å². The van der Waals surface area contributed by atoms with Gasteiger partial charge in [-0.3, -0.25) is 15.0 Å². The molecule has 0 unspecified atom stereocenters. The highest BCUT2D eigenvalue weighted by atomic mass is 32.2. The van der Waals surface area contributed by atoms with Crippen molar-refractivity contribution >= 4 is 46.2 Å². The Kier molecular flexibility index (Phi) is 4.64. The minimum atomic E-state index is -0.405. The van der Waals surface area contributed by atoms with Crippen LogP contribution in [-0.2, 0) is 4.79 Å². The van der Waals surface area contributed by atoms with E-state index >= 15 is 0 Å². The van der Waals surface area contributed by atoms with E-state index in [0.717, 1.165) is 22.3 Å². The summed E-state index contributed by atoms with van der Waals surface area (Å²) in [7, 11) is 0. The smallest absolute Gasteiger partial charge is 0.285 e. The second kappa shape index (κ2) is 6.86. The normalized spacial score (nSPS) is 15.8. The third-order valence-electron chi connectivity index (χ3n) is 3.23. The molecule has 0 aliphatic carbocycles. The second-order valence-corrected chi connectivity index (χ2v) is 6.59. The van der Waals surface area contributed by atoms with Crippen molar-refractivity contribution in [2.24, 2.45) is 0 Å². The van der Waals surface area contributed by atoms with E-state index in [1.165, 1.54) is 12.1 Å². The van der Waals surface area contributed by atoms with Gasteiger partial charge in [0, 0.05) is 5.56 Å². The lowest BCUT2D eigenvalue weighted by Crippen LogP contribution is -2.44. The van der Waals surface area contributed by atoms with Gasteiger partial charge in [0.15, 0.2) is 4.32 Å². The number of benzene rings is 2. The van der Waals surface area contributed by atoms with Gasteiger partial charge in [-0.2, -0.15) is 5.01 Å². The summed E-state index contributed by atoms with van der Waals surface area (Å²) >= 11 is 6.28. The summed E-state index contributed by atoms with van der Waals surface area (Å²) in [6.45, 7) is 0. The maximum absolute atomic E-state index is 12.4. The Morgan fingerprint density at radius 1 is 1.12 bits per heavy atom. The molecule has 1 fully saturated rings. The third-order valence-corrected chi connectivity index (χ3v) is 4.54. The van der Waals surface area contributed by atoms with E-state index in [4.69, 9.17) is 12.2 Å². The molecule has 2 amide bonds. The SMILES string of the molecule is O=C(NN1C(=O)C(=Cc2ccc(O)cc2)SC1=S)c1ccccc1. The van der Waals surface area contributed by atoms with Gasteiger partial charge in [0.25, 0.3) is 11.8 Å². The molecule has 1 heterocycles. The molecule has 1 saturated heterocycles. The molecule has 1 aliphatic heterocycles. The predicted octanol–water partition coefficient (Wildman–Crippen LogP) is 2.94. The number of carbonyl (C=O) groups is 2. The zero-order chi connectivity index (χ0) is 17.1. The van der Waals surface area contributed by atoms with E-state index in [1.807, 2.05) is 0 Å². The van der Waals surface area contributed by atoms with Crippen LogP contribution in [-0.4, -0.2) is 26.3 Å². The number of carbonyl (C=O) groups excluding carboxylic acids is 2. The second-order valence-electron chi connectivity index (χ2n) is 4.92. The maximum atomic E-state index is 12.4. The summed E-state index contributed by atoms with van der Waals surface area (Å²) in [5, 5.41) is 10.4. The molecule has 3 rings (SSSR count). The summed E-state index contributed by atoms with van der Waals surface area (Å²) < 4.78 is 0.259. The lowest BCUT2D eigenvalue weighted by atomic mass is 10.2. The minimum absolute atomic E-state index is 0.148. The fourth-order valence-electron chi connectivity index (χ4n) is 2.04. The van der Waals surface area contributed by atoms with Crippen LogP contribution in [0.25, 0.3) is 6.08 Å². The number of thioether (sulfide) groups is 1. The quantitative estimate of drug-likeness (QED) is 0.654. The Labute approximate surface area is 147 Å². The van der Waals surface area contributed by atoms with Gasteiger partial charge >= 0.3 is 0 Å². The van der Waals surface area contributed by atoms with Crippen LogP contribution in [0.1, 0.15) is 15.9 Å². The molecular formula is C17H12N2O3S2. The summed E-state index contributed by atoms with van der Waals surface area (Å²) in [6, 6.07) is 15.0. The molecule has 2 N–H and O–H groups in total. The van der Waals surface area contributed by atoms with Crippen LogP contribution in [0.2, 0.25) is 0 Å². The Morgan fingerprint density at radius 2 is 1.79 bits per heavy atom. The van der Waals surface area contributed by atoms with E-state index in [9.17, 15) is 14.7 Å². The van der Waals surface area contributed by atoms with Gasteiger partial charge in [-0.15, -0.1) is 0 Å². The zero-order valence-corrected chi connectivity index (χ0v) is 13.9. The largest absolute Gasteiger partial charge is 0.508 e. The molecule has 0 atom stereocenters. The summed E-state index contributed by atoms with van der Waals surface area (Å²) in [5.41, 5.74) is 3.71. The van der Waals surface area contributed by atoms with Crippen molar-refractivity contribution in [1.29, 1.82) is 0 Å². The molecule has 0 bridgehead atoms. The van der Waals surface area contributed by atoms with Gasteiger partial charge < -0.3 is 5.11 Å². The molecule has 2 aromatic rings. The van der Waals surface area contributed by atoms with Gasteiger partial charge in [-0.05, 0) is 48.1 Å². The van der Waals surface area contributed by atoms with Gasteiger partial charge in [-0.1, -0.05) is 42.1 Å². The maximum Gasteiger partial charge on any atom is 0.285 e. The van der Waals surface area contributed by atoms with Gasteiger partial charge in [0.2, 0.25) is 0 Å². The summed E-state index contributed by atoms with van der Waals surface area (Å²) in [5.74, 6) is -0.644. The van der Waals surface area contributed by atoms with Crippen LogP contribution in [0, 0.1) is 0 Å². The van der Waals surface area contributed by atoms with E-state index in [0.29, 0.717) is 10.5 Å². The number of thiocarbonyl (C=S) groups is 1. The average Bonchev–Trinajstić information content (AvgIpc) is 2.85. The van der Waals surface area contributed by atoms with E-state index in [2.05, 4.69) is 5.43 Å². The molecule has 1 aliphatic rings. The number of phenols is 1. The first-order valence-corrected chi connectivity index (χ1v) is 8.20. The minimum Gasteiger partial charge on any atom is -0.508 e. The van der Waals surface area contributed by atoms with E-state index < -0.39 is 5.91 Å². The number of hydrogen-bond donors (Lipinski definition) is 2. The number of hydrazine groups is 1. The van der Waals surface area contributed by atoms with Crippen molar-refractivity contribution in [3.8, 4) is 5.75 Å². The Bertz CT molecular complexity index is 833. The van der Waals surface area contributed by atoms with Crippen LogP contribution < -0.4 is 5.43 Å². The topological polar surface area (TPSA) is 69.6 Å². The molecule has 5 nitrogen and oxygen atoms in total. The number of nitrogens with one attached hydrogen (secondary N) is 1. The zero-order valence-electron chi connectivity index (χ0n) is 12.3. The standard InChI is InChI=1S/C17H12N2O3S2/c20-13-8-6-11(7-9-13)10-14-16(22)19(17(23)24-14)18-15(21)12-4-2-1-3-5-12/h1-10,20H,(H,18,21). The van der Waals surface area contributed by atoms with Crippen molar-refractivity contribution in [2.75, 3.05) is 0 Å². The van der Waals surface area contributed by atoms with Gasteiger partial charge in [-0.25, -0.2) is 0 Å². The van der Waals surface area contributed by atoms with E-state index in [1.54, 1.807) is 48.5 Å². The first-order chi connectivity index (χ1) is 11.5. The molecule has 7 heteroatoms. The van der Waals surface area contributed by atoms with Crippen molar-refractivity contribution in [3.63, 3.8) is 0 Å². The molecule has 0 spiro atoms. The van der Waals surface area contributed by atoms with Crippen LogP contribution in [0.3, 0.4) is 0 Å². The van der Waals surface area contributed by atoms with Crippen molar-refractivity contribution in [1.82, 2.24) is 10.4 Å². The lowest BCUT2D eigenvalue weighted by Gasteiger charge is -2.15. The molecule has 24 heavy (non-hydrogen) atoms. The number of phenolic OH excluding ortho intramolecular Hbond substituents is 1. The first-order valence-electron chi connectivity index (χ1n) is 6.97. The summed E-state index contributed by atoms with van der Waals surface area (Å²) in [6.07, 6.45) is 1.66. The van der Waals surface area contributed by atoms with Crippen LogP contribution >= 0.6 is 24.0 Å². The number of amides is 2. The Balaban J connectivity index is 1.77. The number of nitrogens with zero attached hydrogens (tertiary/aromatic N) is 1. The molecular weight excluding hydrogens is 344 g/mol. The van der Waals surface area contributed by atoms with Crippen molar-refractivity contribution < 1.29 is 14.7 Å². The third kappa shape index (κ3) is 3.47. The first kappa shape index (κ1) is 16.2. The Hall–Kier alpha value is -2.64. The highest BCUT2D eigenvalue weighted by Gasteiger charge is 2.33. The highest BCUT2D eigenvalue weighted by Crippen LogP contribution is 2.31. The van der Waals surface area contributed by atoms with Crippen molar-refractivity contribution in [2.45, 2.75) is 0 Å². The lowest BCUT2D eigenvalue weighted by molar-refractivity contribution is -0.123. The summed E-state index contributed by atoms with van der Waals surface area (Å²) in [4.78, 5) is 25.0. The molecule has 120 valence electrons. The van der Waals surface area contributed by atoms with Crippen LogP contribution in [0.4, 0.5) is 0 Å². The van der Waals surface area contributed by atoms with Crippen molar-refractivity contribution in [3.05, 3.63) is 70.6 Å².